The molecule has 0 aliphatic carbocycles. The summed E-state index contributed by atoms with van der Waals surface area (Å²) in [5.74, 6) is 1.37. The number of nitrogens with zero attached hydrogens (tertiary/aromatic N) is 1. The van der Waals surface area contributed by atoms with E-state index in [9.17, 15) is 10.1 Å². The van der Waals surface area contributed by atoms with E-state index < -0.39 is 12.4 Å². The second-order valence-corrected chi connectivity index (χ2v) is 9.27. The van der Waals surface area contributed by atoms with Gasteiger partial charge >= 0.3 is 6.75 Å². The quantitative estimate of drug-likeness (QED) is 0.532. The smallest absolute Gasteiger partial charge is 0.377 e. The van der Waals surface area contributed by atoms with Crippen molar-refractivity contribution in [2.24, 2.45) is 0 Å². The molecule has 176 valence electrons. The fourth-order valence-corrected chi connectivity index (χ4v) is 4.22. The number of hydrogen-bond acceptors (Lipinski definition) is 7. The molecule has 1 saturated heterocycles. The fraction of sp³-hybridized carbons (Fsp3) is 0.542. The van der Waals surface area contributed by atoms with Crippen molar-refractivity contribution < 1.29 is 28.9 Å². The second kappa shape index (κ2) is 10.2. The molecule has 3 rings (SSSR count). The van der Waals surface area contributed by atoms with E-state index in [1.165, 1.54) is 0 Å². The van der Waals surface area contributed by atoms with Gasteiger partial charge in [0, 0.05) is 30.7 Å². The maximum absolute atomic E-state index is 10.8. The summed E-state index contributed by atoms with van der Waals surface area (Å²) in [4.78, 5) is 4.42. The summed E-state index contributed by atoms with van der Waals surface area (Å²) >= 11 is 0. The minimum atomic E-state index is -2.41. The van der Waals surface area contributed by atoms with Crippen LogP contribution < -0.4 is 9.47 Å². The molecule has 1 aliphatic heterocycles. The van der Waals surface area contributed by atoms with Gasteiger partial charge in [0.2, 0.25) is 0 Å². The van der Waals surface area contributed by atoms with Crippen molar-refractivity contribution >= 4 is 6.75 Å². The number of methoxy groups -OCH3 is 1. The molecular weight excluding hydrogens is 409 g/mol. The molecule has 0 radical (unpaired) electrons. The van der Waals surface area contributed by atoms with Crippen molar-refractivity contribution in [1.29, 1.82) is 0 Å². The van der Waals surface area contributed by atoms with E-state index in [0.717, 1.165) is 23.1 Å². The summed E-state index contributed by atoms with van der Waals surface area (Å²) in [6.07, 6.45) is 4.95. The molecule has 1 aromatic heterocycles. The van der Waals surface area contributed by atoms with Gasteiger partial charge < -0.3 is 28.9 Å². The lowest BCUT2D eigenvalue weighted by molar-refractivity contribution is 0.00731. The maximum atomic E-state index is 10.8. The molecule has 8 heteroatoms. The first-order chi connectivity index (χ1) is 15.1. The average molecular weight is 444 g/mol. The van der Waals surface area contributed by atoms with Gasteiger partial charge in [-0.15, -0.1) is 0 Å². The van der Waals surface area contributed by atoms with Gasteiger partial charge in [-0.1, -0.05) is 19.3 Å². The van der Waals surface area contributed by atoms with E-state index in [1.807, 2.05) is 31.3 Å². The van der Waals surface area contributed by atoms with E-state index in [1.54, 1.807) is 27.2 Å². The van der Waals surface area contributed by atoms with Gasteiger partial charge in [0.25, 0.3) is 0 Å². The van der Waals surface area contributed by atoms with Gasteiger partial charge in [-0.2, -0.15) is 0 Å². The van der Waals surface area contributed by atoms with Crippen LogP contribution in [0.1, 0.15) is 52.0 Å². The third kappa shape index (κ3) is 6.45. The molecule has 1 fully saturated rings. The van der Waals surface area contributed by atoms with Crippen LogP contribution in [0.2, 0.25) is 6.32 Å². The number of aromatic nitrogens is 1. The molecule has 0 spiro atoms. The standard InChI is InChI=1S/C24H35BNO6/c1-6-9-30-23-11-18(7-8-22(23)29-5)19-10-20(15-26-14-19)21-13-25(28,31-16-21)32-17(2)12-24(3,4)27/h7-8,10-11,14-15,17,21,27-28H,6,9,12-13,16H2,1-5H3/q-1/t17?,21-,25?/m0/s1. The highest BCUT2D eigenvalue weighted by atomic mass is 16.7. The first-order valence-corrected chi connectivity index (χ1v) is 11.3. The number of pyridine rings is 1. The molecule has 3 atom stereocenters. The Bertz CT molecular complexity index is 902. The lowest BCUT2D eigenvalue weighted by atomic mass is 9.70. The molecule has 0 saturated carbocycles. The predicted octanol–water partition coefficient (Wildman–Crippen LogP) is 4.16. The molecule has 1 aliphatic rings. The van der Waals surface area contributed by atoms with Gasteiger partial charge in [0.1, 0.15) is 0 Å². The van der Waals surface area contributed by atoms with E-state index in [-0.39, 0.29) is 12.0 Å². The number of aliphatic hydroxyl groups is 1. The Morgan fingerprint density at radius 3 is 2.69 bits per heavy atom. The van der Waals surface area contributed by atoms with Gasteiger partial charge in [-0.05, 0) is 68.9 Å². The Morgan fingerprint density at radius 2 is 2.00 bits per heavy atom. The van der Waals surface area contributed by atoms with Crippen LogP contribution in [0.3, 0.4) is 0 Å². The molecule has 2 N–H and O–H groups in total. The first-order valence-electron chi connectivity index (χ1n) is 11.3. The van der Waals surface area contributed by atoms with Crippen LogP contribution in [0.5, 0.6) is 11.5 Å². The Labute approximate surface area is 190 Å². The van der Waals surface area contributed by atoms with Crippen molar-refractivity contribution in [2.75, 3.05) is 20.3 Å². The molecule has 1 aromatic carbocycles. The largest absolute Gasteiger partial charge is 0.559 e. The van der Waals surface area contributed by atoms with Gasteiger partial charge in [-0.25, -0.2) is 0 Å². The molecule has 2 aromatic rings. The fourth-order valence-electron chi connectivity index (χ4n) is 4.22. The molecule has 7 nitrogen and oxygen atoms in total. The van der Waals surface area contributed by atoms with Crippen molar-refractivity contribution in [2.45, 2.75) is 64.5 Å². The molecule has 2 unspecified atom stereocenters. The van der Waals surface area contributed by atoms with Crippen LogP contribution in [0.4, 0.5) is 0 Å². The number of ether oxygens (including phenoxy) is 2. The highest BCUT2D eigenvalue weighted by molar-refractivity contribution is 6.60. The van der Waals surface area contributed by atoms with Crippen molar-refractivity contribution in [1.82, 2.24) is 4.98 Å². The lowest BCUT2D eigenvalue weighted by Gasteiger charge is -2.36. The first kappa shape index (κ1) is 24.5. The SMILES string of the molecule is CCCOc1cc(-c2cncc([C@@H]3CO[B-](O)(OC(C)CC(C)(C)O)C3)c2)ccc1OC. The van der Waals surface area contributed by atoms with Crippen LogP contribution in [0, 0.1) is 0 Å². The topological polar surface area (TPSA) is 90.3 Å². The lowest BCUT2D eigenvalue weighted by Crippen LogP contribution is -2.43. The minimum Gasteiger partial charge on any atom is -0.559 e. The van der Waals surface area contributed by atoms with Gasteiger partial charge in [0.05, 0.1) is 19.3 Å². The average Bonchev–Trinajstić information content (AvgIpc) is 3.12. The van der Waals surface area contributed by atoms with Gasteiger partial charge in [-0.3, -0.25) is 4.98 Å². The van der Waals surface area contributed by atoms with Crippen LogP contribution >= 0.6 is 0 Å². The summed E-state index contributed by atoms with van der Waals surface area (Å²) in [6.45, 7) is 5.89. The van der Waals surface area contributed by atoms with Crippen molar-refractivity contribution in [3.8, 4) is 22.6 Å². The number of benzene rings is 1. The summed E-state index contributed by atoms with van der Waals surface area (Å²) in [5, 5.41) is 20.8. The Hall–Kier alpha value is -2.13. The van der Waals surface area contributed by atoms with Crippen LogP contribution in [-0.2, 0) is 9.31 Å². The Morgan fingerprint density at radius 1 is 1.22 bits per heavy atom. The van der Waals surface area contributed by atoms with Gasteiger partial charge in [0.15, 0.2) is 11.5 Å². The monoisotopic (exact) mass is 444 g/mol. The van der Waals surface area contributed by atoms with Crippen molar-refractivity contribution in [3.05, 3.63) is 42.2 Å². The Balaban J connectivity index is 1.74. The third-order valence-electron chi connectivity index (χ3n) is 5.56. The van der Waals surface area contributed by atoms with E-state index in [2.05, 4.69) is 18.0 Å². The highest BCUT2D eigenvalue weighted by Gasteiger charge is 2.38. The molecule has 2 heterocycles. The highest BCUT2D eigenvalue weighted by Crippen LogP contribution is 2.37. The normalized spacial score (nSPS) is 22.0. The third-order valence-corrected chi connectivity index (χ3v) is 5.56. The second-order valence-electron chi connectivity index (χ2n) is 9.27. The van der Waals surface area contributed by atoms with Crippen LogP contribution in [-0.4, -0.2) is 53.9 Å². The summed E-state index contributed by atoms with van der Waals surface area (Å²) < 4.78 is 22.7. The number of rotatable bonds is 10. The zero-order valence-electron chi connectivity index (χ0n) is 19.7. The van der Waals surface area contributed by atoms with Crippen molar-refractivity contribution in [3.63, 3.8) is 0 Å². The van der Waals surface area contributed by atoms with E-state index in [4.69, 9.17) is 18.8 Å². The number of hydrogen-bond donors (Lipinski definition) is 2. The summed E-state index contributed by atoms with van der Waals surface area (Å²) in [5.41, 5.74) is 2.03. The molecule has 0 bridgehead atoms. The summed E-state index contributed by atoms with van der Waals surface area (Å²) in [6, 6.07) is 7.90. The maximum Gasteiger partial charge on any atom is 0.377 e. The zero-order valence-corrected chi connectivity index (χ0v) is 19.7. The molecular formula is C24H35BNO6-. The molecule has 0 amide bonds. The predicted molar refractivity (Wildman–Crippen MR) is 125 cm³/mol. The minimum absolute atomic E-state index is 0.0316. The van der Waals surface area contributed by atoms with E-state index in [0.29, 0.717) is 37.5 Å². The summed E-state index contributed by atoms with van der Waals surface area (Å²) in [7, 11) is 1.63. The van der Waals surface area contributed by atoms with Crippen LogP contribution in [0.25, 0.3) is 11.1 Å². The van der Waals surface area contributed by atoms with Crippen LogP contribution in [0.15, 0.2) is 36.7 Å². The zero-order chi connectivity index (χ0) is 23.4. The van der Waals surface area contributed by atoms with E-state index >= 15 is 0 Å². The molecule has 32 heavy (non-hydrogen) atoms. The Kier molecular flexibility index (Phi) is 7.82.